The molecule has 0 spiro atoms. The number of aliphatic hydroxyl groups excluding tert-OH is 5. The van der Waals surface area contributed by atoms with Crippen LogP contribution in [-0.2, 0) is 28.9 Å². The van der Waals surface area contributed by atoms with E-state index in [9.17, 15) is 43.3 Å². The molecule has 7 N–H and O–H groups in total. The van der Waals surface area contributed by atoms with Gasteiger partial charge in [-0.25, -0.2) is 4.18 Å². The molecule has 1 aliphatic rings. The van der Waals surface area contributed by atoms with Crippen LogP contribution in [0.3, 0.4) is 0 Å². The monoisotopic (exact) mass is 930 g/mol. The molecule has 0 aromatic carbocycles. The molecule has 374 valence electrons. The van der Waals surface area contributed by atoms with Crippen LogP contribution >= 0.6 is 0 Å². The molecule has 1 saturated heterocycles. The van der Waals surface area contributed by atoms with Crippen molar-refractivity contribution in [3.05, 3.63) is 48.6 Å². The van der Waals surface area contributed by atoms with Gasteiger partial charge in [0.05, 0.1) is 25.4 Å². The number of carbonyl (C=O) groups is 1. The molecule has 1 fully saturated rings. The molecule has 1 heterocycles. The van der Waals surface area contributed by atoms with Gasteiger partial charge < -0.3 is 40.3 Å². The molecule has 14 heteroatoms. The number of carbonyl (C=O) groups excluding carboxylic acids is 1. The summed E-state index contributed by atoms with van der Waals surface area (Å²) in [7, 11) is -5.12. The fraction of sp³-hybridized carbons (Fsp3) is 0.820. The Morgan fingerprint density at radius 3 is 1.67 bits per heavy atom. The second-order valence-corrected chi connectivity index (χ2v) is 18.6. The minimum atomic E-state index is -5.12. The molecule has 8 atom stereocenters. The number of hydrogen-bond donors (Lipinski definition) is 7. The van der Waals surface area contributed by atoms with E-state index in [1.165, 1.54) is 122 Å². The molecule has 0 radical (unpaired) electrons. The van der Waals surface area contributed by atoms with E-state index >= 15 is 0 Å². The molecule has 1 aliphatic heterocycles. The smallest absolute Gasteiger partial charge is 0.394 e. The van der Waals surface area contributed by atoms with Crippen molar-refractivity contribution in [2.24, 2.45) is 0 Å². The lowest BCUT2D eigenvalue weighted by atomic mass is 9.99. The zero-order valence-electron chi connectivity index (χ0n) is 39.7. The van der Waals surface area contributed by atoms with Crippen molar-refractivity contribution in [1.82, 2.24) is 5.32 Å². The van der Waals surface area contributed by atoms with Crippen molar-refractivity contribution in [1.29, 1.82) is 0 Å². The summed E-state index contributed by atoms with van der Waals surface area (Å²) < 4.78 is 47.6. The Balaban J connectivity index is 2.52. The fourth-order valence-electron chi connectivity index (χ4n) is 7.75. The van der Waals surface area contributed by atoms with Crippen LogP contribution in [0.15, 0.2) is 48.6 Å². The third-order valence-corrected chi connectivity index (χ3v) is 12.2. The maximum Gasteiger partial charge on any atom is 0.397 e. The summed E-state index contributed by atoms with van der Waals surface area (Å²) in [6.07, 6.45) is 37.6. The van der Waals surface area contributed by atoms with Crippen molar-refractivity contribution >= 4 is 16.3 Å². The predicted molar refractivity (Wildman–Crippen MR) is 256 cm³/mol. The lowest BCUT2D eigenvalue weighted by Gasteiger charge is -2.41. The van der Waals surface area contributed by atoms with E-state index in [1.54, 1.807) is 6.08 Å². The summed E-state index contributed by atoms with van der Waals surface area (Å²) in [6.45, 7) is 3.10. The van der Waals surface area contributed by atoms with E-state index in [0.29, 0.717) is 12.8 Å². The maximum absolute atomic E-state index is 13.1. The Labute approximate surface area is 388 Å². The molecule has 64 heavy (non-hydrogen) atoms. The average molecular weight is 930 g/mol. The number of allylic oxidation sites excluding steroid dienone is 7. The summed E-state index contributed by atoms with van der Waals surface area (Å²) >= 11 is 0. The van der Waals surface area contributed by atoms with Gasteiger partial charge in [-0.1, -0.05) is 191 Å². The summed E-state index contributed by atoms with van der Waals surface area (Å²) in [5.74, 6) is -0.714. The fourth-order valence-corrected chi connectivity index (χ4v) is 8.26. The first-order valence-corrected chi connectivity index (χ1v) is 26.5. The minimum Gasteiger partial charge on any atom is -0.394 e. The third kappa shape index (κ3) is 31.9. The molecule has 1 amide bonds. The number of unbranched alkanes of at least 4 members (excludes halogenated alkanes) is 23. The SMILES string of the molecule is CC/C=C\C/C=C\CCCCCCCCCCCCCCCC(O)C(=O)NC(COC1OC(CO)C(O)C(OS(=O)(=O)O)C1O)C(O)/C=C/CC/C=C/CCCCCCCCCCC. The quantitative estimate of drug-likeness (QED) is 0.0173. The predicted octanol–water partition coefficient (Wildman–Crippen LogP) is 9.41. The Kier molecular flexibility index (Phi) is 37.6. The largest absolute Gasteiger partial charge is 0.397 e. The Morgan fingerprint density at radius 2 is 1.14 bits per heavy atom. The topological polar surface area (TPSA) is 212 Å². The van der Waals surface area contributed by atoms with Crippen LogP contribution in [0.4, 0.5) is 0 Å². The van der Waals surface area contributed by atoms with Gasteiger partial charge in [0.25, 0.3) is 0 Å². The Bertz CT molecular complexity index is 1340. The van der Waals surface area contributed by atoms with Gasteiger partial charge in [-0.05, 0) is 57.8 Å². The number of rotatable bonds is 42. The van der Waals surface area contributed by atoms with Gasteiger partial charge in [0.15, 0.2) is 6.29 Å². The summed E-state index contributed by atoms with van der Waals surface area (Å²) in [6, 6.07) is -1.14. The van der Waals surface area contributed by atoms with E-state index in [2.05, 4.69) is 59.8 Å². The van der Waals surface area contributed by atoms with Crippen molar-refractivity contribution in [3.8, 4) is 0 Å². The van der Waals surface area contributed by atoms with Crippen LogP contribution in [0.2, 0.25) is 0 Å². The van der Waals surface area contributed by atoms with Crippen LogP contribution in [0.1, 0.15) is 200 Å². The molecular formula is C50H91NO12S. The molecule has 1 rings (SSSR count). The minimum absolute atomic E-state index is 0.235. The highest BCUT2D eigenvalue weighted by Crippen LogP contribution is 2.26. The first-order chi connectivity index (χ1) is 30.9. The lowest BCUT2D eigenvalue weighted by molar-refractivity contribution is -0.298. The summed E-state index contributed by atoms with van der Waals surface area (Å²) in [5, 5.41) is 55.3. The van der Waals surface area contributed by atoms with Crippen LogP contribution in [-0.4, -0.2) is 107 Å². The number of hydrogen-bond acceptors (Lipinski definition) is 11. The maximum atomic E-state index is 13.1. The summed E-state index contributed by atoms with van der Waals surface area (Å²) in [4.78, 5) is 13.1. The highest BCUT2D eigenvalue weighted by atomic mass is 32.3. The zero-order valence-corrected chi connectivity index (χ0v) is 40.5. The highest BCUT2D eigenvalue weighted by molar-refractivity contribution is 7.80. The van der Waals surface area contributed by atoms with Crippen molar-refractivity contribution in [2.75, 3.05) is 13.2 Å². The molecule has 0 aromatic heterocycles. The van der Waals surface area contributed by atoms with Gasteiger partial charge >= 0.3 is 10.4 Å². The normalized spacial score (nSPS) is 21.2. The number of amides is 1. The second kappa shape index (κ2) is 40.1. The van der Waals surface area contributed by atoms with Gasteiger partial charge in [0.1, 0.15) is 30.5 Å². The summed E-state index contributed by atoms with van der Waals surface area (Å²) in [5.41, 5.74) is 0. The Morgan fingerprint density at radius 1 is 0.656 bits per heavy atom. The zero-order chi connectivity index (χ0) is 47.1. The second-order valence-electron chi connectivity index (χ2n) is 17.5. The van der Waals surface area contributed by atoms with Gasteiger partial charge in [-0.3, -0.25) is 9.35 Å². The van der Waals surface area contributed by atoms with Crippen LogP contribution < -0.4 is 5.32 Å². The molecule has 13 nitrogen and oxygen atoms in total. The molecule has 0 aliphatic carbocycles. The Hall–Kier alpha value is -1.98. The van der Waals surface area contributed by atoms with Crippen molar-refractivity contribution < 1.29 is 57.0 Å². The van der Waals surface area contributed by atoms with Crippen LogP contribution in [0.25, 0.3) is 0 Å². The average Bonchev–Trinajstić information content (AvgIpc) is 3.27. The molecular weight excluding hydrogens is 839 g/mol. The molecule has 0 saturated carbocycles. The van der Waals surface area contributed by atoms with E-state index in [1.807, 2.05) is 0 Å². The number of ether oxygens (including phenoxy) is 2. The van der Waals surface area contributed by atoms with Gasteiger partial charge in [0, 0.05) is 0 Å². The van der Waals surface area contributed by atoms with Crippen LogP contribution in [0, 0.1) is 0 Å². The standard InChI is InChI=1S/C50H91NO12S/c1-3-5-7-9-11-13-15-17-19-20-21-22-23-25-27-29-31-33-35-37-39-44(54)49(57)51-42(41-61-50-47(56)48(63-64(58,59)60)46(55)45(40-52)62-50)43(53)38-36-34-32-30-28-26-24-18-16-14-12-10-8-6-4-2/h5,7,11,13,28,30,36,38,42-48,50,52-56H,3-4,6,8-10,12,14-27,29,31-35,37,39-41H2,1-2H3,(H,51,57)(H,58,59,60)/b7-5-,13-11-,30-28+,38-36+. The van der Waals surface area contributed by atoms with Gasteiger partial charge in [-0.2, -0.15) is 8.42 Å². The van der Waals surface area contributed by atoms with E-state index in [0.717, 1.165) is 51.4 Å². The lowest BCUT2D eigenvalue weighted by Crippen LogP contribution is -2.61. The number of nitrogens with one attached hydrogen (secondary N) is 1. The molecule has 0 bridgehead atoms. The highest BCUT2D eigenvalue weighted by Gasteiger charge is 2.48. The van der Waals surface area contributed by atoms with E-state index < -0.39 is 78.5 Å². The molecule has 0 aromatic rings. The first kappa shape index (κ1) is 60.0. The van der Waals surface area contributed by atoms with Crippen molar-refractivity contribution in [2.45, 2.75) is 249 Å². The van der Waals surface area contributed by atoms with E-state index in [-0.39, 0.29) is 6.42 Å². The van der Waals surface area contributed by atoms with Crippen molar-refractivity contribution in [3.63, 3.8) is 0 Å². The number of aliphatic hydroxyl groups is 5. The van der Waals surface area contributed by atoms with Gasteiger partial charge in [0.2, 0.25) is 5.91 Å². The first-order valence-electron chi connectivity index (χ1n) is 25.1. The van der Waals surface area contributed by atoms with Crippen LogP contribution in [0.5, 0.6) is 0 Å². The van der Waals surface area contributed by atoms with E-state index in [4.69, 9.17) is 9.47 Å². The molecule has 8 unspecified atom stereocenters. The van der Waals surface area contributed by atoms with Gasteiger partial charge in [-0.15, -0.1) is 0 Å². The third-order valence-electron chi connectivity index (χ3n) is 11.7.